The first-order valence-electron chi connectivity index (χ1n) is 6.63. The van der Waals surface area contributed by atoms with Crippen molar-refractivity contribution in [3.63, 3.8) is 0 Å². The second-order valence-electron chi connectivity index (χ2n) is 4.14. The Balaban J connectivity index is 2.49. The van der Waals surface area contributed by atoms with E-state index >= 15 is 0 Å². The van der Waals surface area contributed by atoms with Crippen molar-refractivity contribution in [2.75, 3.05) is 26.9 Å². The zero-order valence-electron chi connectivity index (χ0n) is 11.9. The van der Waals surface area contributed by atoms with E-state index < -0.39 is 11.9 Å². The third kappa shape index (κ3) is 5.01. The summed E-state index contributed by atoms with van der Waals surface area (Å²) >= 11 is 0. The fourth-order valence-corrected chi connectivity index (χ4v) is 1.57. The lowest BCUT2D eigenvalue weighted by atomic mass is 10.1. The Morgan fingerprint density at radius 2 is 1.65 bits per heavy atom. The van der Waals surface area contributed by atoms with Crippen molar-refractivity contribution in [3.8, 4) is 0 Å². The lowest BCUT2D eigenvalue weighted by Crippen LogP contribution is -2.15. The highest BCUT2D eigenvalue weighted by Gasteiger charge is 2.17. The minimum atomic E-state index is -0.559. The standard InChI is InChI=1S/C15H20O5/c1-3-4-9-19-10-11-20-15(17)13-8-6-5-7-12(13)14(16)18-2/h5-8H,3-4,9-11H2,1-2H3. The molecule has 0 radical (unpaired) electrons. The van der Waals surface area contributed by atoms with Gasteiger partial charge in [-0.1, -0.05) is 25.5 Å². The number of esters is 2. The SMILES string of the molecule is CCCCOCCOC(=O)c1ccccc1C(=O)OC. The van der Waals surface area contributed by atoms with Crippen LogP contribution in [-0.4, -0.2) is 38.9 Å². The van der Waals surface area contributed by atoms with Crippen molar-refractivity contribution in [2.24, 2.45) is 0 Å². The molecule has 0 aliphatic rings. The van der Waals surface area contributed by atoms with Gasteiger partial charge >= 0.3 is 11.9 Å². The molecule has 5 heteroatoms. The van der Waals surface area contributed by atoms with E-state index in [1.165, 1.54) is 19.2 Å². The summed E-state index contributed by atoms with van der Waals surface area (Å²) < 4.78 is 15.0. The molecule has 0 saturated heterocycles. The number of rotatable bonds is 8. The van der Waals surface area contributed by atoms with E-state index in [4.69, 9.17) is 9.47 Å². The second-order valence-corrected chi connectivity index (χ2v) is 4.14. The number of carbonyl (C=O) groups is 2. The minimum Gasteiger partial charge on any atom is -0.465 e. The molecular formula is C15H20O5. The molecule has 0 fully saturated rings. The summed E-state index contributed by atoms with van der Waals surface area (Å²) in [5.41, 5.74) is 0.403. The molecule has 1 rings (SSSR count). The molecule has 0 aliphatic heterocycles. The molecule has 0 heterocycles. The Morgan fingerprint density at radius 3 is 2.25 bits per heavy atom. The van der Waals surface area contributed by atoms with Crippen molar-refractivity contribution < 1.29 is 23.8 Å². The van der Waals surface area contributed by atoms with Crippen molar-refractivity contribution >= 4 is 11.9 Å². The maximum atomic E-state index is 11.9. The van der Waals surface area contributed by atoms with Crippen LogP contribution in [0.2, 0.25) is 0 Å². The van der Waals surface area contributed by atoms with Gasteiger partial charge in [-0.3, -0.25) is 0 Å². The van der Waals surface area contributed by atoms with E-state index in [1.807, 2.05) is 0 Å². The smallest absolute Gasteiger partial charge is 0.339 e. The fraction of sp³-hybridized carbons (Fsp3) is 0.467. The van der Waals surface area contributed by atoms with Gasteiger partial charge in [-0.25, -0.2) is 9.59 Å². The van der Waals surface area contributed by atoms with Crippen LogP contribution in [0, 0.1) is 0 Å². The van der Waals surface area contributed by atoms with Gasteiger partial charge < -0.3 is 14.2 Å². The molecule has 5 nitrogen and oxygen atoms in total. The average molecular weight is 280 g/mol. The molecule has 0 atom stereocenters. The highest BCUT2D eigenvalue weighted by molar-refractivity contribution is 6.03. The summed E-state index contributed by atoms with van der Waals surface area (Å²) in [4.78, 5) is 23.4. The zero-order valence-corrected chi connectivity index (χ0v) is 11.9. The molecule has 0 saturated carbocycles. The maximum Gasteiger partial charge on any atom is 0.339 e. The molecule has 20 heavy (non-hydrogen) atoms. The van der Waals surface area contributed by atoms with Gasteiger partial charge in [0.05, 0.1) is 24.8 Å². The van der Waals surface area contributed by atoms with Gasteiger partial charge in [-0.05, 0) is 18.6 Å². The average Bonchev–Trinajstić information content (AvgIpc) is 2.49. The van der Waals surface area contributed by atoms with E-state index in [1.54, 1.807) is 12.1 Å². The maximum absolute atomic E-state index is 11.9. The van der Waals surface area contributed by atoms with Crippen LogP contribution in [-0.2, 0) is 14.2 Å². The zero-order chi connectivity index (χ0) is 14.8. The number of unbranched alkanes of at least 4 members (excludes halogenated alkanes) is 1. The van der Waals surface area contributed by atoms with Gasteiger partial charge in [0.25, 0.3) is 0 Å². The molecule has 0 amide bonds. The molecule has 0 aromatic heterocycles. The summed E-state index contributed by atoms with van der Waals surface area (Å²) in [7, 11) is 1.27. The molecular weight excluding hydrogens is 260 g/mol. The monoisotopic (exact) mass is 280 g/mol. The predicted molar refractivity (Wildman–Crippen MR) is 73.8 cm³/mol. The quantitative estimate of drug-likeness (QED) is 0.540. The Bertz CT molecular complexity index is 442. The highest BCUT2D eigenvalue weighted by Crippen LogP contribution is 2.11. The van der Waals surface area contributed by atoms with Crippen molar-refractivity contribution in [1.82, 2.24) is 0 Å². The highest BCUT2D eigenvalue weighted by atomic mass is 16.6. The lowest BCUT2D eigenvalue weighted by molar-refractivity contribution is 0.0308. The van der Waals surface area contributed by atoms with Crippen LogP contribution in [0.1, 0.15) is 40.5 Å². The molecule has 0 aliphatic carbocycles. The third-order valence-electron chi connectivity index (χ3n) is 2.66. The topological polar surface area (TPSA) is 61.8 Å². The van der Waals surface area contributed by atoms with Gasteiger partial charge in [0.1, 0.15) is 6.61 Å². The second kappa shape index (κ2) is 9.09. The van der Waals surface area contributed by atoms with Crippen LogP contribution in [0.5, 0.6) is 0 Å². The minimum absolute atomic E-state index is 0.165. The number of benzene rings is 1. The van der Waals surface area contributed by atoms with Crippen LogP contribution in [0.25, 0.3) is 0 Å². The van der Waals surface area contributed by atoms with E-state index in [-0.39, 0.29) is 17.7 Å². The Morgan fingerprint density at radius 1 is 1.00 bits per heavy atom. The molecule has 0 N–H and O–H groups in total. The lowest BCUT2D eigenvalue weighted by Gasteiger charge is -2.08. The normalized spacial score (nSPS) is 10.1. The van der Waals surface area contributed by atoms with E-state index in [0.29, 0.717) is 13.2 Å². The largest absolute Gasteiger partial charge is 0.465 e. The van der Waals surface area contributed by atoms with Crippen LogP contribution in [0.4, 0.5) is 0 Å². The molecule has 1 aromatic carbocycles. The van der Waals surface area contributed by atoms with Crippen molar-refractivity contribution in [1.29, 1.82) is 0 Å². The van der Waals surface area contributed by atoms with Gasteiger partial charge in [-0.15, -0.1) is 0 Å². The first kappa shape index (κ1) is 16.2. The summed E-state index contributed by atoms with van der Waals surface area (Å²) in [5, 5.41) is 0. The van der Waals surface area contributed by atoms with Gasteiger partial charge in [0, 0.05) is 6.61 Å². The van der Waals surface area contributed by atoms with Gasteiger partial charge in [-0.2, -0.15) is 0 Å². The Kier molecular flexibility index (Phi) is 7.35. The molecule has 1 aromatic rings. The van der Waals surface area contributed by atoms with Crippen molar-refractivity contribution in [3.05, 3.63) is 35.4 Å². The number of hydrogen-bond donors (Lipinski definition) is 0. The first-order chi connectivity index (χ1) is 9.70. The van der Waals surface area contributed by atoms with Crippen LogP contribution in [0.3, 0.4) is 0 Å². The molecule has 110 valence electrons. The van der Waals surface area contributed by atoms with E-state index in [9.17, 15) is 9.59 Å². The third-order valence-corrected chi connectivity index (χ3v) is 2.66. The predicted octanol–water partition coefficient (Wildman–Crippen LogP) is 2.45. The number of ether oxygens (including phenoxy) is 3. The molecule has 0 spiro atoms. The summed E-state index contributed by atoms with van der Waals surface area (Å²) in [5.74, 6) is -1.11. The Labute approximate surface area is 118 Å². The number of carbonyl (C=O) groups excluding carboxylic acids is 2. The van der Waals surface area contributed by atoms with Gasteiger partial charge in [0.2, 0.25) is 0 Å². The Hall–Kier alpha value is -1.88. The van der Waals surface area contributed by atoms with Crippen LogP contribution >= 0.6 is 0 Å². The fourth-order valence-electron chi connectivity index (χ4n) is 1.57. The summed E-state index contributed by atoms with van der Waals surface area (Å²) in [6, 6.07) is 6.39. The molecule has 0 unspecified atom stereocenters. The summed E-state index contributed by atoms with van der Waals surface area (Å²) in [6.45, 7) is 3.25. The van der Waals surface area contributed by atoms with E-state index in [0.717, 1.165) is 12.8 Å². The van der Waals surface area contributed by atoms with Crippen LogP contribution in [0.15, 0.2) is 24.3 Å². The van der Waals surface area contributed by atoms with Gasteiger partial charge in [0.15, 0.2) is 0 Å². The molecule has 0 bridgehead atoms. The van der Waals surface area contributed by atoms with Crippen LogP contribution < -0.4 is 0 Å². The van der Waals surface area contributed by atoms with E-state index in [2.05, 4.69) is 11.7 Å². The number of hydrogen-bond acceptors (Lipinski definition) is 5. The first-order valence-corrected chi connectivity index (χ1v) is 6.63. The summed E-state index contributed by atoms with van der Waals surface area (Å²) in [6.07, 6.45) is 2.05. The van der Waals surface area contributed by atoms with Crippen molar-refractivity contribution in [2.45, 2.75) is 19.8 Å². The number of methoxy groups -OCH3 is 1.